The Balaban J connectivity index is 1.97. The van der Waals surface area contributed by atoms with Crippen LogP contribution in [0.2, 0.25) is 0 Å². The van der Waals surface area contributed by atoms with E-state index in [1.165, 1.54) is 4.88 Å². The summed E-state index contributed by atoms with van der Waals surface area (Å²) in [4.78, 5) is 3.84. The van der Waals surface area contributed by atoms with Crippen molar-refractivity contribution in [2.45, 2.75) is 19.5 Å². The van der Waals surface area contributed by atoms with E-state index in [-0.39, 0.29) is 0 Å². The van der Waals surface area contributed by atoms with E-state index in [0.717, 1.165) is 35.7 Å². The molecule has 1 fully saturated rings. The van der Waals surface area contributed by atoms with Crippen molar-refractivity contribution in [3.8, 4) is 5.06 Å². The molecule has 0 amide bonds. The Bertz CT molecular complexity index is 356. The number of halogens is 1. The summed E-state index contributed by atoms with van der Waals surface area (Å²) in [6, 6.07) is 2.76. The molecule has 0 bridgehead atoms. The summed E-state index contributed by atoms with van der Waals surface area (Å²) in [5.74, 6) is 0. The SMILES string of the molecule is COc1sc(CN2CCN[C@H](C)C2)cc1Br. The third-order valence-corrected chi connectivity index (χ3v) is 4.66. The molecule has 0 saturated carbocycles. The summed E-state index contributed by atoms with van der Waals surface area (Å²) in [6.07, 6.45) is 0. The van der Waals surface area contributed by atoms with Crippen molar-refractivity contribution in [2.75, 3.05) is 26.7 Å². The molecule has 16 heavy (non-hydrogen) atoms. The Kier molecular flexibility index (Phi) is 4.24. The molecule has 1 atom stereocenters. The average molecular weight is 305 g/mol. The molecule has 0 radical (unpaired) electrons. The van der Waals surface area contributed by atoms with Crippen molar-refractivity contribution in [1.82, 2.24) is 10.2 Å². The fourth-order valence-electron chi connectivity index (χ4n) is 1.99. The first-order chi connectivity index (χ1) is 7.69. The van der Waals surface area contributed by atoms with E-state index in [0.29, 0.717) is 6.04 Å². The van der Waals surface area contributed by atoms with Gasteiger partial charge in [0.05, 0.1) is 11.6 Å². The minimum atomic E-state index is 0.596. The van der Waals surface area contributed by atoms with Crippen molar-refractivity contribution in [3.63, 3.8) is 0 Å². The Morgan fingerprint density at radius 3 is 3.12 bits per heavy atom. The highest BCUT2D eigenvalue weighted by Gasteiger charge is 2.17. The lowest BCUT2D eigenvalue weighted by atomic mass is 10.2. The monoisotopic (exact) mass is 304 g/mol. The molecule has 1 N–H and O–H groups in total. The number of ether oxygens (including phenoxy) is 1. The van der Waals surface area contributed by atoms with Crippen LogP contribution in [0.4, 0.5) is 0 Å². The fourth-order valence-corrected chi connectivity index (χ4v) is 3.73. The van der Waals surface area contributed by atoms with Gasteiger partial charge in [0.1, 0.15) is 0 Å². The summed E-state index contributed by atoms with van der Waals surface area (Å²) in [6.45, 7) is 6.60. The highest BCUT2D eigenvalue weighted by Crippen LogP contribution is 2.35. The summed E-state index contributed by atoms with van der Waals surface area (Å²) in [5, 5.41) is 4.42. The Hall–Kier alpha value is -0.100. The second kappa shape index (κ2) is 5.49. The van der Waals surface area contributed by atoms with E-state index in [2.05, 4.69) is 39.1 Å². The van der Waals surface area contributed by atoms with Crippen LogP contribution in [0.3, 0.4) is 0 Å². The quantitative estimate of drug-likeness (QED) is 0.927. The molecule has 2 rings (SSSR count). The number of piperazine rings is 1. The van der Waals surface area contributed by atoms with E-state index >= 15 is 0 Å². The van der Waals surface area contributed by atoms with Crippen LogP contribution in [-0.2, 0) is 6.54 Å². The van der Waals surface area contributed by atoms with Gasteiger partial charge in [0.15, 0.2) is 5.06 Å². The Morgan fingerprint density at radius 1 is 1.69 bits per heavy atom. The minimum Gasteiger partial charge on any atom is -0.486 e. The topological polar surface area (TPSA) is 24.5 Å². The molecule has 1 saturated heterocycles. The van der Waals surface area contributed by atoms with E-state index in [1.54, 1.807) is 18.4 Å². The molecular weight excluding hydrogens is 288 g/mol. The number of methoxy groups -OCH3 is 1. The smallest absolute Gasteiger partial charge is 0.188 e. The molecule has 1 aliphatic heterocycles. The lowest BCUT2D eigenvalue weighted by molar-refractivity contribution is 0.201. The molecule has 0 aromatic carbocycles. The molecule has 5 heteroatoms. The standard InChI is InChI=1S/C11H17BrN2OS/c1-8-6-14(4-3-13-8)7-9-5-10(12)11(15-2)16-9/h5,8,13H,3-4,6-7H2,1-2H3/t8-/m1/s1. The number of rotatable bonds is 3. The lowest BCUT2D eigenvalue weighted by Gasteiger charge is -2.31. The van der Waals surface area contributed by atoms with E-state index in [9.17, 15) is 0 Å². The molecule has 0 spiro atoms. The first-order valence-electron chi connectivity index (χ1n) is 5.47. The van der Waals surface area contributed by atoms with Gasteiger partial charge < -0.3 is 10.1 Å². The first kappa shape index (κ1) is 12.4. The summed E-state index contributed by atoms with van der Waals surface area (Å²) >= 11 is 5.23. The summed E-state index contributed by atoms with van der Waals surface area (Å²) in [5.41, 5.74) is 0. The van der Waals surface area contributed by atoms with Crippen molar-refractivity contribution in [3.05, 3.63) is 15.4 Å². The highest BCUT2D eigenvalue weighted by atomic mass is 79.9. The second-order valence-electron chi connectivity index (χ2n) is 4.14. The normalized spacial score (nSPS) is 22.3. The van der Waals surface area contributed by atoms with Gasteiger partial charge in [-0.1, -0.05) is 0 Å². The van der Waals surface area contributed by atoms with Crippen LogP contribution in [0.1, 0.15) is 11.8 Å². The molecule has 0 aliphatic carbocycles. The van der Waals surface area contributed by atoms with Crippen LogP contribution >= 0.6 is 27.3 Å². The van der Waals surface area contributed by atoms with Gasteiger partial charge in [-0.3, -0.25) is 4.90 Å². The molecule has 0 unspecified atom stereocenters. The van der Waals surface area contributed by atoms with Gasteiger partial charge in [-0.25, -0.2) is 0 Å². The zero-order valence-electron chi connectivity index (χ0n) is 9.62. The highest BCUT2D eigenvalue weighted by molar-refractivity contribution is 9.10. The fraction of sp³-hybridized carbons (Fsp3) is 0.636. The molecule has 90 valence electrons. The van der Waals surface area contributed by atoms with Gasteiger partial charge in [-0.05, 0) is 28.9 Å². The van der Waals surface area contributed by atoms with Gasteiger partial charge in [-0.2, -0.15) is 0 Å². The third-order valence-electron chi connectivity index (χ3n) is 2.72. The number of hydrogen-bond donors (Lipinski definition) is 1. The van der Waals surface area contributed by atoms with Gasteiger partial charge in [0.25, 0.3) is 0 Å². The molecule has 2 heterocycles. The van der Waals surface area contributed by atoms with Gasteiger partial charge in [0.2, 0.25) is 0 Å². The number of nitrogens with one attached hydrogen (secondary N) is 1. The molecular formula is C11H17BrN2OS. The molecule has 1 aromatic heterocycles. The third kappa shape index (κ3) is 2.97. The predicted molar refractivity (Wildman–Crippen MR) is 71.3 cm³/mol. The number of hydrogen-bond acceptors (Lipinski definition) is 4. The largest absolute Gasteiger partial charge is 0.486 e. The minimum absolute atomic E-state index is 0.596. The second-order valence-corrected chi connectivity index (χ2v) is 6.10. The number of thiophene rings is 1. The zero-order chi connectivity index (χ0) is 11.5. The van der Waals surface area contributed by atoms with Gasteiger partial charge in [0, 0.05) is 37.1 Å². The van der Waals surface area contributed by atoms with Crippen LogP contribution in [0, 0.1) is 0 Å². The van der Waals surface area contributed by atoms with Crippen molar-refractivity contribution in [2.24, 2.45) is 0 Å². The summed E-state index contributed by atoms with van der Waals surface area (Å²) in [7, 11) is 1.72. The van der Waals surface area contributed by atoms with Gasteiger partial charge >= 0.3 is 0 Å². The summed E-state index contributed by atoms with van der Waals surface area (Å²) < 4.78 is 6.34. The van der Waals surface area contributed by atoms with Crippen molar-refractivity contribution < 1.29 is 4.74 Å². The van der Waals surface area contributed by atoms with Crippen LogP contribution in [0.5, 0.6) is 5.06 Å². The van der Waals surface area contributed by atoms with E-state index in [1.807, 2.05) is 0 Å². The maximum atomic E-state index is 5.28. The van der Waals surface area contributed by atoms with Crippen molar-refractivity contribution >= 4 is 27.3 Å². The van der Waals surface area contributed by atoms with Gasteiger partial charge in [-0.15, -0.1) is 11.3 Å². The van der Waals surface area contributed by atoms with E-state index < -0.39 is 0 Å². The molecule has 1 aliphatic rings. The average Bonchev–Trinajstić information content (AvgIpc) is 2.58. The van der Waals surface area contributed by atoms with Crippen LogP contribution in [-0.4, -0.2) is 37.7 Å². The first-order valence-corrected chi connectivity index (χ1v) is 7.08. The van der Waals surface area contributed by atoms with Crippen LogP contribution in [0.15, 0.2) is 10.5 Å². The predicted octanol–water partition coefficient (Wildman–Crippen LogP) is 2.31. The maximum absolute atomic E-state index is 5.28. The van der Waals surface area contributed by atoms with Crippen LogP contribution < -0.4 is 10.1 Å². The maximum Gasteiger partial charge on any atom is 0.188 e. The van der Waals surface area contributed by atoms with Crippen molar-refractivity contribution in [1.29, 1.82) is 0 Å². The number of nitrogens with zero attached hydrogens (tertiary/aromatic N) is 1. The Labute approximate surface area is 109 Å². The lowest BCUT2D eigenvalue weighted by Crippen LogP contribution is -2.48. The van der Waals surface area contributed by atoms with E-state index in [4.69, 9.17) is 4.74 Å². The molecule has 3 nitrogen and oxygen atoms in total. The zero-order valence-corrected chi connectivity index (χ0v) is 12.0. The Morgan fingerprint density at radius 2 is 2.50 bits per heavy atom. The molecule has 1 aromatic rings. The van der Waals surface area contributed by atoms with Crippen LogP contribution in [0.25, 0.3) is 0 Å².